The molecule has 1 rings (SSSR count). The minimum atomic E-state index is -4.02. The van der Waals surface area contributed by atoms with E-state index in [-0.39, 0.29) is 0 Å². The smallest absolute Gasteiger partial charge is 0.243 e. The molecule has 0 aliphatic carbocycles. The van der Waals surface area contributed by atoms with Gasteiger partial charge < -0.3 is 4.55 Å². The quantitative estimate of drug-likeness (QED) is 0.460. The van der Waals surface area contributed by atoms with Crippen LogP contribution in [0.1, 0.15) is 26.7 Å². The summed E-state index contributed by atoms with van der Waals surface area (Å²) < 4.78 is 33.6. The lowest BCUT2D eigenvalue weighted by atomic mass is 10.3. The van der Waals surface area contributed by atoms with Crippen molar-refractivity contribution >= 4 is 10.1 Å². The molecular formula is C12H22N2O3S. The average Bonchev–Trinajstić information content (AvgIpc) is 2.69. The minimum absolute atomic E-state index is 0.399. The van der Waals surface area contributed by atoms with Crippen molar-refractivity contribution in [3.05, 3.63) is 30.9 Å². The molecule has 0 unspecified atom stereocenters. The van der Waals surface area contributed by atoms with Gasteiger partial charge in [0, 0.05) is 0 Å². The van der Waals surface area contributed by atoms with E-state index in [9.17, 15) is 13.0 Å². The zero-order chi connectivity index (χ0) is 14.0. The Bertz CT molecular complexity index is 450. The predicted octanol–water partition coefficient (Wildman–Crippen LogP) is 1.22. The third-order valence-electron chi connectivity index (χ3n) is 2.13. The first-order chi connectivity index (χ1) is 8.39. The summed E-state index contributed by atoms with van der Waals surface area (Å²) in [5.74, 6) is -0.399. The molecule has 0 spiro atoms. The molecule has 0 aromatic carbocycles. The SMILES string of the molecule is C/C=C/CS(=O)(=O)[O-].CCCCn1cc[n+](C)c1. The van der Waals surface area contributed by atoms with Crippen molar-refractivity contribution in [2.24, 2.45) is 7.05 Å². The van der Waals surface area contributed by atoms with Crippen LogP contribution >= 0.6 is 0 Å². The third-order valence-corrected chi connectivity index (χ3v) is 2.73. The molecule has 0 N–H and O–H groups in total. The fourth-order valence-electron chi connectivity index (χ4n) is 1.19. The Labute approximate surface area is 110 Å². The summed E-state index contributed by atoms with van der Waals surface area (Å²) in [4.78, 5) is 0. The number of imidazole rings is 1. The van der Waals surface area contributed by atoms with Crippen LogP contribution in [0.15, 0.2) is 30.9 Å². The van der Waals surface area contributed by atoms with Gasteiger partial charge in [0.25, 0.3) is 0 Å². The summed E-state index contributed by atoms with van der Waals surface area (Å²) in [6.07, 6.45) is 11.6. The van der Waals surface area contributed by atoms with E-state index in [1.807, 2.05) is 7.05 Å². The molecule has 18 heavy (non-hydrogen) atoms. The van der Waals surface area contributed by atoms with Crippen LogP contribution in [-0.2, 0) is 23.7 Å². The van der Waals surface area contributed by atoms with Crippen LogP contribution in [-0.4, -0.2) is 23.3 Å². The number of hydrogen-bond donors (Lipinski definition) is 0. The van der Waals surface area contributed by atoms with Crippen molar-refractivity contribution in [3.63, 3.8) is 0 Å². The molecule has 1 aromatic rings. The van der Waals surface area contributed by atoms with Gasteiger partial charge in [0.15, 0.2) is 0 Å². The molecule has 0 saturated heterocycles. The zero-order valence-electron chi connectivity index (χ0n) is 11.2. The minimum Gasteiger partial charge on any atom is -0.748 e. The topological polar surface area (TPSA) is 66.0 Å². The molecule has 0 radical (unpaired) electrons. The number of unbranched alkanes of at least 4 members (excludes halogenated alkanes) is 1. The first kappa shape index (κ1) is 16.9. The monoisotopic (exact) mass is 274 g/mol. The summed E-state index contributed by atoms with van der Waals surface area (Å²) in [5.41, 5.74) is 0. The van der Waals surface area contributed by atoms with Gasteiger partial charge in [-0.2, -0.15) is 0 Å². The van der Waals surface area contributed by atoms with Crippen LogP contribution in [0.2, 0.25) is 0 Å². The van der Waals surface area contributed by atoms with Crippen LogP contribution in [0.3, 0.4) is 0 Å². The number of aryl methyl sites for hydroxylation is 2. The average molecular weight is 274 g/mol. The maximum absolute atomic E-state index is 9.78. The summed E-state index contributed by atoms with van der Waals surface area (Å²) >= 11 is 0. The molecule has 0 aliphatic rings. The molecule has 0 saturated carbocycles. The zero-order valence-corrected chi connectivity index (χ0v) is 12.1. The third kappa shape index (κ3) is 10.0. The Morgan fingerprint density at radius 2 is 2.11 bits per heavy atom. The van der Waals surface area contributed by atoms with E-state index in [4.69, 9.17) is 0 Å². The van der Waals surface area contributed by atoms with E-state index in [2.05, 4.69) is 34.8 Å². The lowest BCUT2D eigenvalue weighted by molar-refractivity contribution is -0.671. The van der Waals surface area contributed by atoms with Crippen molar-refractivity contribution in [1.29, 1.82) is 0 Å². The Hall–Kier alpha value is -1.14. The molecule has 104 valence electrons. The largest absolute Gasteiger partial charge is 0.748 e. The Kier molecular flexibility index (Phi) is 8.32. The van der Waals surface area contributed by atoms with Gasteiger partial charge in [0.05, 0.1) is 29.5 Å². The molecule has 5 nitrogen and oxygen atoms in total. The van der Waals surface area contributed by atoms with Gasteiger partial charge in [-0.3, -0.25) is 0 Å². The van der Waals surface area contributed by atoms with Crippen molar-refractivity contribution in [2.75, 3.05) is 5.75 Å². The highest BCUT2D eigenvalue weighted by atomic mass is 32.2. The summed E-state index contributed by atoms with van der Waals surface area (Å²) in [7, 11) is -1.98. The van der Waals surface area contributed by atoms with Gasteiger partial charge in [-0.15, -0.1) is 0 Å². The van der Waals surface area contributed by atoms with E-state index in [1.54, 1.807) is 6.92 Å². The standard InChI is InChI=1S/C8H15N2.C4H8O3S/c1-3-4-5-10-7-6-9(2)8-10;1-2-3-4-8(5,6)7/h6-8H,3-5H2,1-2H3;2-3H,4H2,1H3,(H,5,6,7)/q+1;/p-1/b;3-2+. The van der Waals surface area contributed by atoms with Crippen molar-refractivity contribution < 1.29 is 17.5 Å². The normalized spacial score (nSPS) is 11.3. The molecule has 1 aromatic heterocycles. The first-order valence-electron chi connectivity index (χ1n) is 5.94. The summed E-state index contributed by atoms with van der Waals surface area (Å²) in [6.45, 7) is 5.02. The number of rotatable bonds is 5. The van der Waals surface area contributed by atoms with Gasteiger partial charge in [-0.1, -0.05) is 25.5 Å². The van der Waals surface area contributed by atoms with E-state index in [1.165, 1.54) is 25.0 Å². The van der Waals surface area contributed by atoms with Crippen molar-refractivity contribution in [3.8, 4) is 0 Å². The van der Waals surface area contributed by atoms with E-state index >= 15 is 0 Å². The van der Waals surface area contributed by atoms with Gasteiger partial charge in [-0.25, -0.2) is 17.6 Å². The molecular weight excluding hydrogens is 252 g/mol. The lowest BCUT2D eigenvalue weighted by Crippen LogP contribution is -2.23. The number of hydrogen-bond acceptors (Lipinski definition) is 3. The maximum Gasteiger partial charge on any atom is 0.243 e. The molecule has 0 fully saturated rings. The Morgan fingerprint density at radius 1 is 1.44 bits per heavy atom. The molecule has 1 heterocycles. The van der Waals surface area contributed by atoms with Gasteiger partial charge >= 0.3 is 0 Å². The maximum atomic E-state index is 9.78. The Morgan fingerprint density at radius 3 is 2.44 bits per heavy atom. The second kappa shape index (κ2) is 8.88. The van der Waals surface area contributed by atoms with Crippen LogP contribution < -0.4 is 4.57 Å². The van der Waals surface area contributed by atoms with Crippen LogP contribution in [0.25, 0.3) is 0 Å². The first-order valence-corrected chi connectivity index (χ1v) is 7.52. The highest BCUT2D eigenvalue weighted by Gasteiger charge is 1.96. The second-order valence-corrected chi connectivity index (χ2v) is 5.41. The van der Waals surface area contributed by atoms with E-state index in [0.29, 0.717) is 0 Å². The van der Waals surface area contributed by atoms with E-state index < -0.39 is 15.9 Å². The van der Waals surface area contributed by atoms with Gasteiger partial charge in [0.1, 0.15) is 12.4 Å². The fourth-order valence-corrected chi connectivity index (χ4v) is 1.62. The van der Waals surface area contributed by atoms with Gasteiger partial charge in [-0.05, 0) is 13.3 Å². The molecule has 0 bridgehead atoms. The summed E-state index contributed by atoms with van der Waals surface area (Å²) in [6, 6.07) is 0. The summed E-state index contributed by atoms with van der Waals surface area (Å²) in [5, 5.41) is 0. The predicted molar refractivity (Wildman–Crippen MR) is 69.9 cm³/mol. The van der Waals surface area contributed by atoms with Gasteiger partial charge in [0.2, 0.25) is 6.33 Å². The Balaban J connectivity index is 0.000000331. The molecule has 0 atom stereocenters. The van der Waals surface area contributed by atoms with Crippen molar-refractivity contribution in [2.45, 2.75) is 33.2 Å². The van der Waals surface area contributed by atoms with Crippen LogP contribution in [0.4, 0.5) is 0 Å². The van der Waals surface area contributed by atoms with Crippen LogP contribution in [0, 0.1) is 0 Å². The lowest BCUT2D eigenvalue weighted by Gasteiger charge is -1.99. The highest BCUT2D eigenvalue weighted by Crippen LogP contribution is 1.91. The number of allylic oxidation sites excluding steroid dienone is 1. The molecule has 0 amide bonds. The van der Waals surface area contributed by atoms with Crippen LogP contribution in [0.5, 0.6) is 0 Å². The fraction of sp³-hybridized carbons (Fsp3) is 0.583. The van der Waals surface area contributed by atoms with Crippen molar-refractivity contribution in [1.82, 2.24) is 4.57 Å². The number of nitrogens with zero attached hydrogens (tertiary/aromatic N) is 2. The number of aromatic nitrogens is 2. The highest BCUT2D eigenvalue weighted by molar-refractivity contribution is 7.85. The van der Waals surface area contributed by atoms with E-state index in [0.717, 1.165) is 6.54 Å². The molecule has 0 aliphatic heterocycles. The second-order valence-electron chi connectivity index (χ2n) is 3.96. The molecule has 6 heteroatoms.